The molecule has 42 heavy (non-hydrogen) atoms. The number of rotatable bonds is 7. The summed E-state index contributed by atoms with van der Waals surface area (Å²) >= 11 is 4.21. The van der Waals surface area contributed by atoms with Crippen molar-refractivity contribution in [1.82, 2.24) is 9.66 Å². The summed E-state index contributed by atoms with van der Waals surface area (Å²) in [7, 11) is 0. The van der Waals surface area contributed by atoms with E-state index >= 15 is 0 Å². The van der Waals surface area contributed by atoms with Crippen molar-refractivity contribution in [2.24, 2.45) is 5.10 Å². The minimum Gasteiger partial charge on any atom is -0.482 e. The number of ether oxygens (including phenoxy) is 1. The van der Waals surface area contributed by atoms with Gasteiger partial charge in [0.2, 0.25) is 5.82 Å². The van der Waals surface area contributed by atoms with Crippen LogP contribution in [0.2, 0.25) is 0 Å². The number of aromatic nitrogens is 2. The number of carbonyl (C=O) groups is 1. The maximum atomic E-state index is 13.9. The van der Waals surface area contributed by atoms with Crippen LogP contribution in [0.5, 0.6) is 5.75 Å². The highest BCUT2D eigenvalue weighted by Gasteiger charge is 2.17. The molecule has 6 rings (SSSR count). The van der Waals surface area contributed by atoms with Crippen LogP contribution in [0.4, 0.5) is 10.1 Å². The van der Waals surface area contributed by atoms with Crippen LogP contribution < -0.4 is 15.6 Å². The third-order valence-electron chi connectivity index (χ3n) is 6.24. The Morgan fingerprint density at radius 2 is 1.71 bits per heavy atom. The Kier molecular flexibility index (Phi) is 8.02. The Morgan fingerprint density at radius 3 is 2.50 bits per heavy atom. The molecule has 0 radical (unpaired) electrons. The van der Waals surface area contributed by atoms with E-state index in [9.17, 15) is 14.0 Å². The Hall–Kier alpha value is -4.11. The number of halogens is 3. The highest BCUT2D eigenvalue weighted by atomic mass is 127. The molecule has 0 aliphatic rings. The van der Waals surface area contributed by atoms with Gasteiger partial charge in [0.25, 0.3) is 11.5 Å². The summed E-state index contributed by atoms with van der Waals surface area (Å²) in [6.45, 7) is -0.299. The lowest BCUT2D eigenvalue weighted by molar-refractivity contribution is -0.118. The van der Waals surface area contributed by atoms with Crippen molar-refractivity contribution in [2.45, 2.75) is 0 Å². The van der Waals surface area contributed by atoms with Gasteiger partial charge in [0, 0.05) is 5.39 Å². The largest absolute Gasteiger partial charge is 0.482 e. The van der Waals surface area contributed by atoms with Gasteiger partial charge < -0.3 is 14.5 Å². The third kappa shape index (κ3) is 5.79. The van der Waals surface area contributed by atoms with Gasteiger partial charge >= 0.3 is 0 Å². The monoisotopic (exact) mass is 784 g/mol. The van der Waals surface area contributed by atoms with Crippen LogP contribution in [0, 0.1) is 13.0 Å². The molecule has 0 bridgehead atoms. The predicted octanol–water partition coefficient (Wildman–Crippen LogP) is 7.06. The van der Waals surface area contributed by atoms with Gasteiger partial charge in [-0.05, 0) is 99.3 Å². The van der Waals surface area contributed by atoms with E-state index in [4.69, 9.17) is 14.1 Å². The van der Waals surface area contributed by atoms with E-state index in [0.717, 1.165) is 12.5 Å². The van der Waals surface area contributed by atoms with Gasteiger partial charge in [0.1, 0.15) is 17.1 Å². The van der Waals surface area contributed by atoms with E-state index in [1.807, 2.05) is 48.5 Å². The molecular weight excluding hydrogens is 765 g/mol. The number of carbonyl (C=O) groups excluding carboxylic acids is 1. The van der Waals surface area contributed by atoms with Crippen molar-refractivity contribution >= 4 is 84.9 Å². The molecular formula is C31H19FI2N4O4. The predicted molar refractivity (Wildman–Crippen MR) is 177 cm³/mol. The number of furan rings is 1. The molecule has 8 nitrogen and oxygen atoms in total. The Morgan fingerprint density at radius 1 is 1.00 bits per heavy atom. The molecule has 6 aromatic rings. The van der Waals surface area contributed by atoms with Crippen LogP contribution >= 0.6 is 45.2 Å². The zero-order valence-electron chi connectivity index (χ0n) is 21.6. The Balaban J connectivity index is 1.29. The number of benzene rings is 4. The van der Waals surface area contributed by atoms with Crippen LogP contribution in [0.1, 0.15) is 5.56 Å². The fourth-order valence-electron chi connectivity index (χ4n) is 4.29. The third-order valence-corrected chi connectivity index (χ3v) is 7.84. The van der Waals surface area contributed by atoms with Gasteiger partial charge in [-0.25, -0.2) is 9.37 Å². The Bertz CT molecular complexity index is 2020. The number of hydrogen-bond donors (Lipinski definition) is 1. The van der Waals surface area contributed by atoms with Gasteiger partial charge in [-0.15, -0.1) is 0 Å². The first-order chi connectivity index (χ1) is 20.4. The summed E-state index contributed by atoms with van der Waals surface area (Å²) < 4.78 is 28.3. The van der Waals surface area contributed by atoms with E-state index in [2.05, 4.69) is 55.6 Å². The van der Waals surface area contributed by atoms with Crippen molar-refractivity contribution in [3.05, 3.63) is 120 Å². The molecule has 0 aliphatic carbocycles. The number of anilines is 1. The lowest BCUT2D eigenvalue weighted by Crippen LogP contribution is -2.21. The highest BCUT2D eigenvalue weighted by Crippen LogP contribution is 2.30. The van der Waals surface area contributed by atoms with Crippen molar-refractivity contribution in [3.8, 4) is 17.3 Å². The fraction of sp³-hybridized carbons (Fsp3) is 0.0323. The van der Waals surface area contributed by atoms with Crippen molar-refractivity contribution in [3.63, 3.8) is 0 Å². The molecule has 0 saturated heterocycles. The number of nitrogens with zero attached hydrogens (tertiary/aromatic N) is 3. The Labute approximate surface area is 265 Å². The molecule has 0 fully saturated rings. The summed E-state index contributed by atoms with van der Waals surface area (Å²) in [5, 5.41) is 8.34. The van der Waals surface area contributed by atoms with Crippen LogP contribution in [0.3, 0.4) is 0 Å². The summed E-state index contributed by atoms with van der Waals surface area (Å²) in [5.41, 5.74) is 1.66. The molecule has 2 heterocycles. The topological polar surface area (TPSA) is 98.7 Å². The summed E-state index contributed by atoms with van der Waals surface area (Å²) in [6, 6.07) is 26.0. The number of nitrogens with one attached hydrogen (secondary N) is 1. The molecule has 1 N–H and O–H groups in total. The van der Waals surface area contributed by atoms with Crippen LogP contribution in [-0.2, 0) is 4.79 Å². The maximum Gasteiger partial charge on any atom is 0.282 e. The number of para-hydroxylation sites is 3. The molecule has 208 valence electrons. The number of fused-ring (bicyclic) bond motifs is 2. The molecule has 0 spiro atoms. The van der Waals surface area contributed by atoms with Crippen molar-refractivity contribution in [2.75, 3.05) is 11.9 Å². The average molecular weight is 784 g/mol. The lowest BCUT2D eigenvalue weighted by Gasteiger charge is -2.12. The first-order valence-electron chi connectivity index (χ1n) is 12.6. The SMILES string of the molecule is O=C(COc1c(I)cc(C=Nn2c(-c3cc4ccccc4o3)nc3ccccc3c2=O)cc1I)Nc1ccccc1F. The zero-order valence-corrected chi connectivity index (χ0v) is 25.9. The molecule has 0 atom stereocenters. The molecule has 1 amide bonds. The molecule has 2 aromatic heterocycles. The van der Waals surface area contributed by atoms with Crippen molar-refractivity contribution in [1.29, 1.82) is 0 Å². The first kappa shape index (κ1) is 28.0. The molecule has 0 saturated carbocycles. The summed E-state index contributed by atoms with van der Waals surface area (Å²) in [5.74, 6) is 0.181. The van der Waals surface area contributed by atoms with Crippen LogP contribution in [0.25, 0.3) is 33.5 Å². The summed E-state index contributed by atoms with van der Waals surface area (Å²) in [4.78, 5) is 30.6. The van der Waals surface area contributed by atoms with E-state index in [0.29, 0.717) is 33.6 Å². The van der Waals surface area contributed by atoms with Gasteiger partial charge in [-0.3, -0.25) is 9.59 Å². The first-order valence-corrected chi connectivity index (χ1v) is 14.7. The molecule has 11 heteroatoms. The number of hydrogen-bond acceptors (Lipinski definition) is 6. The van der Waals surface area contributed by atoms with E-state index < -0.39 is 11.7 Å². The van der Waals surface area contributed by atoms with Gasteiger partial charge in [0.15, 0.2) is 12.4 Å². The standard InChI is InChI=1S/C31H19FI2N4O4/c32-21-9-3-5-11-25(21)36-28(39)17-41-29-22(33)13-18(14-23(29)34)16-35-38-30(27-15-19-7-1-6-12-26(19)42-27)37-24-10-4-2-8-20(24)31(38)40/h1-16H,17H2,(H,36,39). The average Bonchev–Trinajstić information content (AvgIpc) is 3.42. The second-order valence-electron chi connectivity index (χ2n) is 9.09. The molecule has 0 unspecified atom stereocenters. The normalized spacial score (nSPS) is 11.4. The van der Waals surface area contributed by atoms with Gasteiger partial charge in [0.05, 0.1) is 29.9 Å². The molecule has 4 aromatic carbocycles. The second-order valence-corrected chi connectivity index (χ2v) is 11.4. The molecule has 0 aliphatic heterocycles. The minimum absolute atomic E-state index is 0.0856. The van der Waals surface area contributed by atoms with Crippen LogP contribution in [0.15, 0.2) is 105 Å². The van der Waals surface area contributed by atoms with E-state index in [1.165, 1.54) is 16.8 Å². The van der Waals surface area contributed by atoms with Gasteiger partial charge in [-0.2, -0.15) is 9.78 Å². The quantitative estimate of drug-likeness (QED) is 0.138. The zero-order chi connectivity index (χ0) is 29.2. The number of amides is 1. The van der Waals surface area contributed by atoms with Crippen molar-refractivity contribution < 1.29 is 18.3 Å². The van der Waals surface area contributed by atoms with Crippen LogP contribution in [-0.4, -0.2) is 28.4 Å². The highest BCUT2D eigenvalue weighted by molar-refractivity contribution is 14.1. The fourth-order valence-corrected chi connectivity index (χ4v) is 6.41. The smallest absolute Gasteiger partial charge is 0.282 e. The maximum absolute atomic E-state index is 13.9. The lowest BCUT2D eigenvalue weighted by atomic mass is 10.2. The minimum atomic E-state index is -0.525. The van der Waals surface area contributed by atoms with Gasteiger partial charge in [-0.1, -0.05) is 42.5 Å². The second kappa shape index (κ2) is 12.0. The van der Waals surface area contributed by atoms with E-state index in [-0.39, 0.29) is 23.7 Å². The van der Waals surface area contributed by atoms with E-state index in [1.54, 1.807) is 36.5 Å². The summed E-state index contributed by atoms with van der Waals surface area (Å²) in [6.07, 6.45) is 1.56.